The van der Waals surface area contributed by atoms with E-state index in [1.54, 1.807) is 30.4 Å². The van der Waals surface area contributed by atoms with Gasteiger partial charge >= 0.3 is 5.97 Å². The minimum absolute atomic E-state index is 0.0677. The number of aliphatic carboxylic acids is 1. The predicted octanol–water partition coefficient (Wildman–Crippen LogP) is -0.106. The molecule has 2 heterocycles. The third-order valence-corrected chi connectivity index (χ3v) is 6.67. The first kappa shape index (κ1) is 13.2. The quantitative estimate of drug-likeness (QED) is 0.662. The molecule has 7 heteroatoms. The summed E-state index contributed by atoms with van der Waals surface area (Å²) in [5, 5.41) is 11.9. The largest absolute Gasteiger partial charge is 0.480 e. The van der Waals surface area contributed by atoms with Crippen LogP contribution in [0.3, 0.4) is 0 Å². The van der Waals surface area contributed by atoms with E-state index in [0.717, 1.165) is 5.75 Å². The number of Topliss-reactive ketones (excluding diaryl/α,β-unsaturated/α-hetero) is 1. The van der Waals surface area contributed by atoms with Crippen LogP contribution in [0.5, 0.6) is 0 Å². The molecule has 2 saturated heterocycles. The van der Waals surface area contributed by atoms with Crippen molar-refractivity contribution in [3.05, 3.63) is 0 Å². The van der Waals surface area contributed by atoms with Crippen LogP contribution >= 0.6 is 23.5 Å². The molecule has 5 nitrogen and oxygen atoms in total. The van der Waals surface area contributed by atoms with Gasteiger partial charge in [0.1, 0.15) is 6.04 Å². The number of rotatable bonds is 3. The highest BCUT2D eigenvalue weighted by atomic mass is 32.2. The number of hydrogen-bond acceptors (Lipinski definition) is 6. The Bertz CT molecular complexity index is 350. The van der Waals surface area contributed by atoms with Crippen molar-refractivity contribution in [2.24, 2.45) is 5.73 Å². The van der Waals surface area contributed by atoms with Crippen molar-refractivity contribution in [1.29, 1.82) is 0 Å². The number of carboxylic acid groups (broad SMARTS) is 1. The van der Waals surface area contributed by atoms with E-state index in [0.29, 0.717) is 13.0 Å². The molecule has 0 aliphatic carbocycles. The maximum absolute atomic E-state index is 11.8. The van der Waals surface area contributed by atoms with E-state index >= 15 is 0 Å². The van der Waals surface area contributed by atoms with Crippen LogP contribution in [0.15, 0.2) is 0 Å². The van der Waals surface area contributed by atoms with Crippen molar-refractivity contribution in [2.75, 3.05) is 12.3 Å². The molecule has 0 amide bonds. The molecule has 0 bridgehead atoms. The lowest BCUT2D eigenvalue weighted by molar-refractivity contribution is -0.139. The second-order valence-electron chi connectivity index (χ2n) is 4.50. The third kappa shape index (κ3) is 2.62. The van der Waals surface area contributed by atoms with Crippen molar-refractivity contribution < 1.29 is 14.7 Å². The Labute approximate surface area is 108 Å². The maximum atomic E-state index is 11.8. The van der Waals surface area contributed by atoms with Crippen molar-refractivity contribution in [1.82, 2.24) is 5.32 Å². The van der Waals surface area contributed by atoms with Crippen molar-refractivity contribution in [2.45, 2.75) is 34.8 Å². The van der Waals surface area contributed by atoms with Gasteiger partial charge in [-0.1, -0.05) is 0 Å². The van der Waals surface area contributed by atoms with E-state index in [2.05, 4.69) is 5.32 Å². The van der Waals surface area contributed by atoms with Crippen molar-refractivity contribution >= 4 is 35.3 Å². The number of nitrogens with two attached hydrogens (primary N) is 1. The van der Waals surface area contributed by atoms with Crippen LogP contribution in [0.1, 0.15) is 13.3 Å². The average molecular weight is 276 g/mol. The Kier molecular flexibility index (Phi) is 3.72. The van der Waals surface area contributed by atoms with Crippen LogP contribution in [0.4, 0.5) is 0 Å². The van der Waals surface area contributed by atoms with Crippen molar-refractivity contribution in [3.63, 3.8) is 0 Å². The van der Waals surface area contributed by atoms with E-state index in [9.17, 15) is 9.59 Å². The molecular formula is C10H16N2O3S2. The van der Waals surface area contributed by atoms with Crippen LogP contribution in [-0.2, 0) is 9.59 Å². The number of thioether (sulfide) groups is 2. The first-order valence-corrected chi connectivity index (χ1v) is 7.37. The Morgan fingerprint density at radius 3 is 2.82 bits per heavy atom. The number of carbonyl (C=O) groups is 2. The minimum Gasteiger partial charge on any atom is -0.480 e. The molecule has 4 atom stereocenters. The molecule has 0 radical (unpaired) electrons. The molecule has 1 spiro atoms. The van der Waals surface area contributed by atoms with Gasteiger partial charge in [0, 0.05) is 12.3 Å². The predicted molar refractivity (Wildman–Crippen MR) is 69.3 cm³/mol. The van der Waals surface area contributed by atoms with E-state index in [1.165, 1.54) is 0 Å². The van der Waals surface area contributed by atoms with Gasteiger partial charge in [-0.3, -0.25) is 9.59 Å². The Balaban J connectivity index is 1.98. The summed E-state index contributed by atoms with van der Waals surface area (Å²) in [4.78, 5) is 22.7. The van der Waals surface area contributed by atoms with Gasteiger partial charge in [0.2, 0.25) is 0 Å². The molecule has 2 aliphatic heterocycles. The van der Waals surface area contributed by atoms with E-state index in [1.807, 2.05) is 0 Å². The maximum Gasteiger partial charge on any atom is 0.320 e. The molecule has 3 unspecified atom stereocenters. The topological polar surface area (TPSA) is 92.4 Å². The van der Waals surface area contributed by atoms with Gasteiger partial charge in [-0.2, -0.15) is 0 Å². The van der Waals surface area contributed by atoms with Crippen LogP contribution in [0.2, 0.25) is 0 Å². The number of hydrogen-bond donors (Lipinski definition) is 3. The summed E-state index contributed by atoms with van der Waals surface area (Å²) in [6.07, 6.45) is 0.570. The SMILES string of the molecule is C[C@H](N)C(=O)C1CSC2(CNC(C(=O)O)C2)S1. The summed E-state index contributed by atoms with van der Waals surface area (Å²) < 4.78 is -0.154. The lowest BCUT2D eigenvalue weighted by Gasteiger charge is -2.20. The molecule has 0 aromatic rings. The monoisotopic (exact) mass is 276 g/mol. The number of carboxylic acids is 1. The highest BCUT2D eigenvalue weighted by Gasteiger charge is 2.49. The second kappa shape index (κ2) is 4.79. The first-order valence-electron chi connectivity index (χ1n) is 5.51. The molecule has 2 rings (SSSR count). The van der Waals surface area contributed by atoms with E-state index in [4.69, 9.17) is 10.8 Å². The zero-order valence-electron chi connectivity index (χ0n) is 9.51. The van der Waals surface area contributed by atoms with Crippen LogP contribution in [-0.4, -0.2) is 50.6 Å². The summed E-state index contributed by atoms with van der Waals surface area (Å²) in [7, 11) is 0. The first-order chi connectivity index (χ1) is 7.93. The molecule has 17 heavy (non-hydrogen) atoms. The zero-order chi connectivity index (χ0) is 12.6. The summed E-state index contributed by atoms with van der Waals surface area (Å²) in [6, 6.07) is -0.924. The van der Waals surface area contributed by atoms with Gasteiger partial charge in [-0.15, -0.1) is 23.5 Å². The molecule has 0 aromatic carbocycles. The minimum atomic E-state index is -0.815. The van der Waals surface area contributed by atoms with Gasteiger partial charge in [-0.25, -0.2) is 0 Å². The highest BCUT2D eigenvalue weighted by molar-refractivity contribution is 8.22. The van der Waals surface area contributed by atoms with E-state index in [-0.39, 0.29) is 15.1 Å². The van der Waals surface area contributed by atoms with Gasteiger partial charge in [0.05, 0.1) is 15.4 Å². The van der Waals surface area contributed by atoms with Crippen LogP contribution in [0.25, 0.3) is 0 Å². The van der Waals surface area contributed by atoms with Gasteiger partial charge in [0.25, 0.3) is 0 Å². The lowest BCUT2D eigenvalue weighted by atomic mass is 10.2. The summed E-state index contributed by atoms with van der Waals surface area (Å²) in [5.74, 6) is -0.0119. The fraction of sp³-hybridized carbons (Fsp3) is 0.800. The van der Waals surface area contributed by atoms with Gasteiger partial charge in [0.15, 0.2) is 5.78 Å². The molecule has 0 saturated carbocycles. The summed E-state index contributed by atoms with van der Waals surface area (Å²) >= 11 is 3.27. The Morgan fingerprint density at radius 1 is 1.59 bits per heavy atom. The zero-order valence-corrected chi connectivity index (χ0v) is 11.1. The van der Waals surface area contributed by atoms with E-state index < -0.39 is 18.1 Å². The second-order valence-corrected chi connectivity index (χ2v) is 7.74. The van der Waals surface area contributed by atoms with Gasteiger partial charge < -0.3 is 16.2 Å². The normalized spacial score (nSPS) is 38.5. The molecular weight excluding hydrogens is 260 g/mol. The molecule has 0 aromatic heterocycles. The van der Waals surface area contributed by atoms with Crippen LogP contribution in [0, 0.1) is 0 Å². The molecule has 96 valence electrons. The Morgan fingerprint density at radius 2 is 2.29 bits per heavy atom. The molecule has 2 aliphatic rings. The standard InChI is InChI=1S/C10H16N2O3S2/c1-5(11)8(13)7-3-16-10(17-7)2-6(9(14)15)12-4-10/h5-7,12H,2-4,11H2,1H3,(H,14,15)/t5-,6?,7?,10?/m0/s1. The summed E-state index contributed by atoms with van der Waals surface area (Å²) in [5.41, 5.74) is 5.60. The summed E-state index contributed by atoms with van der Waals surface area (Å²) in [6.45, 7) is 2.34. The highest BCUT2D eigenvalue weighted by Crippen LogP contribution is 2.52. The molecule has 4 N–H and O–H groups in total. The molecule has 2 fully saturated rings. The lowest BCUT2D eigenvalue weighted by Crippen LogP contribution is -2.35. The average Bonchev–Trinajstić information content (AvgIpc) is 2.86. The fourth-order valence-electron chi connectivity index (χ4n) is 2.10. The van der Waals surface area contributed by atoms with Gasteiger partial charge in [-0.05, 0) is 13.3 Å². The number of nitrogens with one attached hydrogen (secondary N) is 1. The Hall–Kier alpha value is -0.240. The number of ketones is 1. The number of carbonyl (C=O) groups excluding carboxylic acids is 1. The van der Waals surface area contributed by atoms with Crippen LogP contribution < -0.4 is 11.1 Å². The van der Waals surface area contributed by atoms with Crippen molar-refractivity contribution in [3.8, 4) is 0 Å². The fourth-order valence-corrected chi connectivity index (χ4v) is 5.77. The third-order valence-electron chi connectivity index (χ3n) is 3.05. The smallest absolute Gasteiger partial charge is 0.320 e.